The summed E-state index contributed by atoms with van der Waals surface area (Å²) in [7, 11) is 0. The molecule has 1 aromatic rings. The Kier molecular flexibility index (Phi) is 6.09. The fourth-order valence-electron chi connectivity index (χ4n) is 1.78. The summed E-state index contributed by atoms with van der Waals surface area (Å²) in [5, 5.41) is 13.1. The van der Waals surface area contributed by atoms with E-state index in [1.54, 1.807) is 0 Å². The first-order valence-corrected chi connectivity index (χ1v) is 6.64. The normalized spacial score (nSPS) is 10.6. The van der Waals surface area contributed by atoms with Crippen molar-refractivity contribution in [2.24, 2.45) is 5.92 Å². The van der Waals surface area contributed by atoms with Crippen molar-refractivity contribution in [2.45, 2.75) is 33.1 Å². The summed E-state index contributed by atoms with van der Waals surface area (Å²) in [6.45, 7) is 4.79. The molecule has 0 aliphatic heterocycles. The molecule has 0 aliphatic rings. The molecule has 0 atom stereocenters. The van der Waals surface area contributed by atoms with Gasteiger partial charge < -0.3 is 5.32 Å². The third-order valence-electron chi connectivity index (χ3n) is 2.90. The smallest absolute Gasteiger partial charge is 0.304 e. The first-order chi connectivity index (χ1) is 9.41. The van der Waals surface area contributed by atoms with E-state index in [2.05, 4.69) is 19.2 Å². The van der Waals surface area contributed by atoms with Gasteiger partial charge in [0.25, 0.3) is 5.91 Å². The number of halogens is 1. The molecule has 0 aromatic heterocycles. The molecule has 1 aromatic carbocycles. The molecule has 0 saturated carbocycles. The molecule has 0 aliphatic carbocycles. The number of carbonyl (C=O) groups is 1. The van der Waals surface area contributed by atoms with Crippen LogP contribution in [0, 0.1) is 21.8 Å². The van der Waals surface area contributed by atoms with Crippen molar-refractivity contribution in [2.75, 3.05) is 6.54 Å². The second-order valence-corrected chi connectivity index (χ2v) is 5.07. The Labute approximate surface area is 117 Å². The van der Waals surface area contributed by atoms with Gasteiger partial charge in [-0.25, -0.2) is 0 Å². The fourth-order valence-corrected chi connectivity index (χ4v) is 1.78. The molecular weight excluding hydrogens is 263 g/mol. The molecular formula is C14H19FN2O3. The average Bonchev–Trinajstić information content (AvgIpc) is 2.37. The maximum Gasteiger partial charge on any atom is 0.304 e. The van der Waals surface area contributed by atoms with Crippen LogP contribution in [0.15, 0.2) is 18.2 Å². The highest BCUT2D eigenvalue weighted by Crippen LogP contribution is 2.17. The van der Waals surface area contributed by atoms with Crippen molar-refractivity contribution in [3.63, 3.8) is 0 Å². The number of unbranched alkanes of at least 4 members (excludes halogenated alkanes) is 1. The molecule has 0 radical (unpaired) electrons. The Bertz CT molecular complexity index is 489. The lowest BCUT2D eigenvalue weighted by Crippen LogP contribution is -2.24. The van der Waals surface area contributed by atoms with E-state index >= 15 is 0 Å². The highest BCUT2D eigenvalue weighted by atomic mass is 19.1. The van der Waals surface area contributed by atoms with Gasteiger partial charge >= 0.3 is 5.69 Å². The second-order valence-electron chi connectivity index (χ2n) is 5.07. The summed E-state index contributed by atoms with van der Waals surface area (Å²) in [6.07, 6.45) is 2.98. The molecule has 1 N–H and O–H groups in total. The van der Waals surface area contributed by atoms with Crippen LogP contribution in [0.2, 0.25) is 0 Å². The van der Waals surface area contributed by atoms with Crippen LogP contribution in [0.4, 0.5) is 10.1 Å². The zero-order valence-electron chi connectivity index (χ0n) is 11.7. The van der Waals surface area contributed by atoms with Gasteiger partial charge in [-0.15, -0.1) is 0 Å². The van der Waals surface area contributed by atoms with E-state index in [-0.39, 0.29) is 5.56 Å². The molecule has 6 heteroatoms. The van der Waals surface area contributed by atoms with E-state index in [1.807, 2.05) is 0 Å². The summed E-state index contributed by atoms with van der Waals surface area (Å²) < 4.78 is 13.4. The van der Waals surface area contributed by atoms with Gasteiger partial charge in [0, 0.05) is 18.2 Å². The quantitative estimate of drug-likeness (QED) is 0.474. The summed E-state index contributed by atoms with van der Waals surface area (Å²) >= 11 is 0. The molecule has 5 nitrogen and oxygen atoms in total. The highest BCUT2D eigenvalue weighted by molar-refractivity contribution is 5.94. The number of rotatable bonds is 7. The summed E-state index contributed by atoms with van der Waals surface area (Å²) in [5.41, 5.74) is -0.532. The van der Waals surface area contributed by atoms with Crippen LogP contribution in [0.5, 0.6) is 0 Å². The third-order valence-corrected chi connectivity index (χ3v) is 2.90. The number of hydrogen-bond donors (Lipinski definition) is 1. The Morgan fingerprint density at radius 1 is 1.40 bits per heavy atom. The van der Waals surface area contributed by atoms with Crippen molar-refractivity contribution >= 4 is 11.6 Å². The summed E-state index contributed by atoms with van der Waals surface area (Å²) in [4.78, 5) is 21.4. The van der Waals surface area contributed by atoms with Gasteiger partial charge in [0.15, 0.2) is 0 Å². The van der Waals surface area contributed by atoms with Crippen molar-refractivity contribution in [3.05, 3.63) is 39.7 Å². The first-order valence-electron chi connectivity index (χ1n) is 6.64. The molecule has 0 saturated heterocycles. The zero-order chi connectivity index (χ0) is 15.1. The largest absolute Gasteiger partial charge is 0.352 e. The minimum Gasteiger partial charge on any atom is -0.352 e. The molecule has 1 amide bonds. The van der Waals surface area contributed by atoms with Gasteiger partial charge in [0.1, 0.15) is 0 Å². The molecule has 0 bridgehead atoms. The lowest BCUT2D eigenvalue weighted by Gasteiger charge is -2.06. The van der Waals surface area contributed by atoms with Crippen molar-refractivity contribution in [1.29, 1.82) is 0 Å². The number of benzene rings is 1. The Balaban J connectivity index is 2.48. The van der Waals surface area contributed by atoms with Gasteiger partial charge in [-0.2, -0.15) is 4.39 Å². The number of hydrogen-bond acceptors (Lipinski definition) is 3. The second kappa shape index (κ2) is 7.57. The molecule has 1 rings (SSSR count). The van der Waals surface area contributed by atoms with E-state index in [0.29, 0.717) is 12.5 Å². The lowest BCUT2D eigenvalue weighted by atomic mass is 10.1. The van der Waals surface area contributed by atoms with Crippen LogP contribution in [0.1, 0.15) is 43.5 Å². The van der Waals surface area contributed by atoms with Gasteiger partial charge in [-0.05, 0) is 24.5 Å². The maximum atomic E-state index is 13.4. The van der Waals surface area contributed by atoms with Gasteiger partial charge in [0.2, 0.25) is 5.82 Å². The van der Waals surface area contributed by atoms with E-state index in [1.165, 1.54) is 6.07 Å². The Morgan fingerprint density at radius 2 is 2.10 bits per heavy atom. The van der Waals surface area contributed by atoms with E-state index in [4.69, 9.17) is 0 Å². The van der Waals surface area contributed by atoms with E-state index < -0.39 is 22.3 Å². The number of nitrogens with zero attached hydrogens (tertiary/aromatic N) is 1. The molecule has 0 fully saturated rings. The van der Waals surface area contributed by atoms with Crippen molar-refractivity contribution in [3.8, 4) is 0 Å². The number of nitrogens with one attached hydrogen (secondary N) is 1. The fraction of sp³-hybridized carbons (Fsp3) is 0.500. The molecule has 0 heterocycles. The topological polar surface area (TPSA) is 72.2 Å². The molecule has 110 valence electrons. The number of carbonyl (C=O) groups excluding carboxylic acids is 1. The monoisotopic (exact) mass is 282 g/mol. The Morgan fingerprint density at radius 3 is 2.65 bits per heavy atom. The average molecular weight is 282 g/mol. The zero-order valence-corrected chi connectivity index (χ0v) is 11.7. The minimum atomic E-state index is -0.998. The SMILES string of the molecule is CC(C)CCCCNC(=O)c1ccc([N+](=O)[O-])c(F)c1. The summed E-state index contributed by atoms with van der Waals surface area (Å²) in [5.74, 6) is -0.778. The van der Waals surface area contributed by atoms with E-state index in [9.17, 15) is 19.3 Å². The Hall–Kier alpha value is -1.98. The number of amides is 1. The van der Waals surface area contributed by atoms with Crippen molar-refractivity contribution < 1.29 is 14.1 Å². The first kappa shape index (κ1) is 16.1. The highest BCUT2D eigenvalue weighted by Gasteiger charge is 2.16. The van der Waals surface area contributed by atoms with Crippen LogP contribution >= 0.6 is 0 Å². The lowest BCUT2D eigenvalue weighted by molar-refractivity contribution is -0.387. The van der Waals surface area contributed by atoms with Crippen molar-refractivity contribution in [1.82, 2.24) is 5.32 Å². The van der Waals surface area contributed by atoms with Gasteiger partial charge in [-0.1, -0.05) is 26.7 Å². The molecule has 0 unspecified atom stereocenters. The number of nitro benzene ring substituents is 1. The van der Waals surface area contributed by atoms with Crippen LogP contribution < -0.4 is 5.32 Å². The minimum absolute atomic E-state index is 0.0944. The van der Waals surface area contributed by atoms with Crippen LogP contribution in [-0.4, -0.2) is 17.4 Å². The van der Waals surface area contributed by atoms with Gasteiger partial charge in [-0.3, -0.25) is 14.9 Å². The van der Waals surface area contributed by atoms with E-state index in [0.717, 1.165) is 31.4 Å². The van der Waals surface area contributed by atoms with Crippen LogP contribution in [-0.2, 0) is 0 Å². The maximum absolute atomic E-state index is 13.4. The number of nitro groups is 1. The molecule has 20 heavy (non-hydrogen) atoms. The van der Waals surface area contributed by atoms with Crippen LogP contribution in [0.25, 0.3) is 0 Å². The predicted molar refractivity (Wildman–Crippen MR) is 74.1 cm³/mol. The predicted octanol–water partition coefficient (Wildman–Crippen LogP) is 3.29. The van der Waals surface area contributed by atoms with Gasteiger partial charge in [0.05, 0.1) is 4.92 Å². The van der Waals surface area contributed by atoms with Crippen LogP contribution in [0.3, 0.4) is 0 Å². The standard InChI is InChI=1S/C14H19FN2O3/c1-10(2)5-3-4-8-16-14(18)11-6-7-13(17(19)20)12(15)9-11/h6-7,9-10H,3-5,8H2,1-2H3,(H,16,18). The summed E-state index contributed by atoms with van der Waals surface area (Å²) in [6, 6.07) is 3.15. The third kappa shape index (κ3) is 4.95. The molecule has 0 spiro atoms.